The fourth-order valence-electron chi connectivity index (χ4n) is 0.630. The van der Waals surface area contributed by atoms with Gasteiger partial charge in [-0.05, 0) is 18.4 Å². The largest absolute Gasteiger partial charge is 0.266 e. The molecule has 0 unspecified atom stereocenters. The fraction of sp³-hybridized carbons (Fsp3) is 0.778. The van der Waals surface area contributed by atoms with E-state index in [1.165, 1.54) is 6.92 Å². The average Bonchev–Trinajstić information content (AvgIpc) is 1.87. The molecule has 0 aliphatic carbocycles. The Balaban J connectivity index is 3.73. The first-order valence-corrected chi connectivity index (χ1v) is 4.03. The maximum atomic E-state index is 12.5. The molecule has 0 saturated carbocycles. The van der Waals surface area contributed by atoms with Crippen LogP contribution >= 0.6 is 0 Å². The van der Waals surface area contributed by atoms with Gasteiger partial charge in [0.05, 0.1) is 0 Å². The third-order valence-corrected chi connectivity index (χ3v) is 1.44. The van der Waals surface area contributed by atoms with Crippen LogP contribution in [-0.2, 0) is 0 Å². The number of allylic oxidation sites excluding steroid dienone is 2. The van der Waals surface area contributed by atoms with Crippen molar-refractivity contribution in [1.29, 1.82) is 0 Å². The van der Waals surface area contributed by atoms with Crippen molar-refractivity contribution < 1.29 is 8.78 Å². The molecule has 66 valence electrons. The van der Waals surface area contributed by atoms with Crippen molar-refractivity contribution in [3.8, 4) is 0 Å². The summed E-state index contributed by atoms with van der Waals surface area (Å²) < 4.78 is 25.0. The minimum Gasteiger partial charge on any atom is -0.202 e. The molecular weight excluding hydrogens is 146 g/mol. The Hall–Kier alpha value is -0.400. The van der Waals surface area contributed by atoms with Crippen LogP contribution in [-0.4, -0.2) is 5.92 Å². The predicted molar refractivity (Wildman–Crippen MR) is 43.8 cm³/mol. The zero-order valence-corrected chi connectivity index (χ0v) is 7.40. The molecule has 0 aromatic heterocycles. The SMILES string of the molecule is CCC(F)(F)/C=C/CC(C)C. The lowest BCUT2D eigenvalue weighted by atomic mass is 10.1. The molecule has 2 heteroatoms. The smallest absolute Gasteiger partial charge is 0.202 e. The van der Waals surface area contributed by atoms with Gasteiger partial charge in [0.25, 0.3) is 5.92 Å². The molecule has 0 bridgehead atoms. The quantitative estimate of drug-likeness (QED) is 0.554. The van der Waals surface area contributed by atoms with Crippen LogP contribution in [0.2, 0.25) is 0 Å². The highest BCUT2D eigenvalue weighted by Crippen LogP contribution is 2.19. The van der Waals surface area contributed by atoms with Gasteiger partial charge in [0.2, 0.25) is 0 Å². The van der Waals surface area contributed by atoms with Crippen LogP contribution in [0.5, 0.6) is 0 Å². The van der Waals surface area contributed by atoms with Gasteiger partial charge in [0.15, 0.2) is 0 Å². The van der Waals surface area contributed by atoms with Crippen LogP contribution in [0.3, 0.4) is 0 Å². The van der Waals surface area contributed by atoms with E-state index in [4.69, 9.17) is 0 Å². The highest BCUT2D eigenvalue weighted by Gasteiger charge is 2.20. The maximum Gasteiger partial charge on any atom is 0.266 e. The molecule has 0 atom stereocenters. The fourth-order valence-corrected chi connectivity index (χ4v) is 0.630. The van der Waals surface area contributed by atoms with Crippen molar-refractivity contribution in [1.82, 2.24) is 0 Å². The van der Waals surface area contributed by atoms with Crippen molar-refractivity contribution in [2.75, 3.05) is 0 Å². The first kappa shape index (κ1) is 10.6. The summed E-state index contributed by atoms with van der Waals surface area (Å²) in [6.07, 6.45) is 3.19. The van der Waals surface area contributed by atoms with Gasteiger partial charge in [-0.15, -0.1) is 0 Å². The molecule has 0 radical (unpaired) electrons. The molecule has 0 aliphatic rings. The Kier molecular flexibility index (Phi) is 4.31. The maximum absolute atomic E-state index is 12.5. The second kappa shape index (κ2) is 4.47. The van der Waals surface area contributed by atoms with E-state index in [0.29, 0.717) is 5.92 Å². The third-order valence-electron chi connectivity index (χ3n) is 1.44. The standard InChI is InChI=1S/C9H16F2/c1-4-9(10,11)7-5-6-8(2)3/h5,7-8H,4,6H2,1-3H3/b7-5+. The van der Waals surface area contributed by atoms with Gasteiger partial charge in [0, 0.05) is 6.42 Å². The van der Waals surface area contributed by atoms with Gasteiger partial charge in [-0.1, -0.05) is 26.8 Å². The number of hydrogen-bond donors (Lipinski definition) is 0. The molecular formula is C9H16F2. The summed E-state index contributed by atoms with van der Waals surface area (Å²) in [4.78, 5) is 0. The second-order valence-corrected chi connectivity index (χ2v) is 3.15. The molecule has 0 aromatic carbocycles. The van der Waals surface area contributed by atoms with E-state index >= 15 is 0 Å². The summed E-state index contributed by atoms with van der Waals surface area (Å²) in [6.45, 7) is 5.50. The molecule has 0 aliphatic heterocycles. The van der Waals surface area contributed by atoms with Gasteiger partial charge < -0.3 is 0 Å². The zero-order chi connectivity index (χ0) is 8.91. The Morgan fingerprint density at radius 3 is 2.27 bits per heavy atom. The Morgan fingerprint density at radius 1 is 1.36 bits per heavy atom. The van der Waals surface area contributed by atoms with Gasteiger partial charge in [-0.2, -0.15) is 0 Å². The number of hydrogen-bond acceptors (Lipinski definition) is 0. The summed E-state index contributed by atoms with van der Waals surface area (Å²) in [7, 11) is 0. The Morgan fingerprint density at radius 2 is 1.91 bits per heavy atom. The first-order valence-electron chi connectivity index (χ1n) is 4.03. The van der Waals surface area contributed by atoms with E-state index in [-0.39, 0.29) is 6.42 Å². The van der Waals surface area contributed by atoms with E-state index < -0.39 is 5.92 Å². The predicted octanol–water partition coefficient (Wildman–Crippen LogP) is 3.63. The molecule has 0 aromatic rings. The lowest BCUT2D eigenvalue weighted by Gasteiger charge is -2.07. The summed E-state index contributed by atoms with van der Waals surface area (Å²) in [6, 6.07) is 0. The topological polar surface area (TPSA) is 0 Å². The molecule has 0 rings (SSSR count). The van der Waals surface area contributed by atoms with Gasteiger partial charge in [0.1, 0.15) is 0 Å². The zero-order valence-electron chi connectivity index (χ0n) is 7.40. The number of halogens is 2. The summed E-state index contributed by atoms with van der Waals surface area (Å²) in [5, 5.41) is 0. The lowest BCUT2D eigenvalue weighted by Crippen LogP contribution is -2.09. The molecule has 0 amide bonds. The van der Waals surface area contributed by atoms with Crippen LogP contribution in [0.4, 0.5) is 8.78 Å². The molecule has 0 nitrogen and oxygen atoms in total. The molecule has 0 N–H and O–H groups in total. The average molecular weight is 162 g/mol. The normalized spacial score (nSPS) is 13.3. The van der Waals surface area contributed by atoms with E-state index in [1.807, 2.05) is 13.8 Å². The van der Waals surface area contributed by atoms with E-state index in [9.17, 15) is 8.78 Å². The van der Waals surface area contributed by atoms with Crippen LogP contribution in [0.25, 0.3) is 0 Å². The number of alkyl halides is 2. The molecule has 0 fully saturated rings. The minimum atomic E-state index is -2.60. The summed E-state index contributed by atoms with van der Waals surface area (Å²) >= 11 is 0. The third kappa shape index (κ3) is 6.02. The summed E-state index contributed by atoms with van der Waals surface area (Å²) in [5.41, 5.74) is 0. The van der Waals surface area contributed by atoms with Crippen LogP contribution < -0.4 is 0 Å². The number of rotatable bonds is 4. The summed E-state index contributed by atoms with van der Waals surface area (Å²) in [5.74, 6) is -2.14. The molecule has 11 heavy (non-hydrogen) atoms. The second-order valence-electron chi connectivity index (χ2n) is 3.15. The van der Waals surface area contributed by atoms with Gasteiger partial charge in [-0.3, -0.25) is 0 Å². The monoisotopic (exact) mass is 162 g/mol. The van der Waals surface area contributed by atoms with Gasteiger partial charge in [-0.25, -0.2) is 8.78 Å². The lowest BCUT2D eigenvalue weighted by molar-refractivity contribution is 0.0508. The molecule has 0 spiro atoms. The Bertz CT molecular complexity index is 126. The van der Waals surface area contributed by atoms with Crippen molar-refractivity contribution in [2.45, 2.75) is 39.5 Å². The van der Waals surface area contributed by atoms with Crippen molar-refractivity contribution >= 4 is 0 Å². The van der Waals surface area contributed by atoms with E-state index in [0.717, 1.165) is 12.5 Å². The van der Waals surface area contributed by atoms with Crippen molar-refractivity contribution in [3.63, 3.8) is 0 Å². The van der Waals surface area contributed by atoms with Crippen molar-refractivity contribution in [2.24, 2.45) is 5.92 Å². The van der Waals surface area contributed by atoms with Crippen LogP contribution in [0.1, 0.15) is 33.6 Å². The highest BCUT2D eigenvalue weighted by atomic mass is 19.3. The van der Waals surface area contributed by atoms with Crippen LogP contribution in [0.15, 0.2) is 12.2 Å². The highest BCUT2D eigenvalue weighted by molar-refractivity contribution is 4.94. The molecule has 0 heterocycles. The van der Waals surface area contributed by atoms with Crippen molar-refractivity contribution in [3.05, 3.63) is 12.2 Å². The van der Waals surface area contributed by atoms with E-state index in [2.05, 4.69) is 0 Å². The first-order chi connectivity index (χ1) is 4.98. The molecule has 0 saturated heterocycles. The minimum absolute atomic E-state index is 0.110. The van der Waals surface area contributed by atoms with E-state index in [1.54, 1.807) is 6.08 Å². The van der Waals surface area contributed by atoms with Gasteiger partial charge >= 0.3 is 0 Å². The van der Waals surface area contributed by atoms with Crippen LogP contribution in [0, 0.1) is 5.92 Å². The Labute approximate surface area is 67.3 Å².